The molecule has 0 fully saturated rings. The third-order valence-electron chi connectivity index (χ3n) is 3.81. The predicted octanol–water partition coefficient (Wildman–Crippen LogP) is 4.03. The van der Waals surface area contributed by atoms with Crippen molar-refractivity contribution < 1.29 is 13.2 Å². The Balaban J connectivity index is 2.22. The minimum Gasteiger partial charge on any atom is -0.348 e. The highest BCUT2D eigenvalue weighted by Crippen LogP contribution is 2.30. The number of hydrogen-bond acceptors (Lipinski definition) is 3. The quantitative estimate of drug-likeness (QED) is 0.743. The van der Waals surface area contributed by atoms with Crippen LogP contribution in [0.3, 0.4) is 0 Å². The lowest BCUT2D eigenvalue weighted by Crippen LogP contribution is -2.41. The van der Waals surface area contributed by atoms with Crippen LogP contribution in [0.25, 0.3) is 0 Å². The van der Waals surface area contributed by atoms with Crippen molar-refractivity contribution in [1.29, 1.82) is 0 Å². The number of nitrogens with one attached hydrogen (secondary N) is 1. The van der Waals surface area contributed by atoms with E-state index in [0.717, 1.165) is 16.1 Å². The average Bonchev–Trinajstić information content (AvgIpc) is 2.58. The molecule has 1 unspecified atom stereocenters. The van der Waals surface area contributed by atoms with E-state index in [2.05, 4.69) is 5.32 Å². The molecule has 8 heteroatoms. The fraction of sp³-hybridized carbons (Fsp3) is 0.278. The summed E-state index contributed by atoms with van der Waals surface area (Å²) in [6, 6.07) is 13.7. The first-order chi connectivity index (χ1) is 12.2. The third-order valence-corrected chi connectivity index (χ3v) is 5.48. The first kappa shape index (κ1) is 20.6. The van der Waals surface area contributed by atoms with Gasteiger partial charge in [0.1, 0.15) is 6.54 Å². The van der Waals surface area contributed by atoms with Crippen LogP contribution < -0.4 is 9.62 Å². The number of nitrogens with zero attached hydrogens (tertiary/aromatic N) is 1. The van der Waals surface area contributed by atoms with Crippen molar-refractivity contribution in [2.45, 2.75) is 19.4 Å². The summed E-state index contributed by atoms with van der Waals surface area (Å²) in [4.78, 5) is 12.5. The molecule has 5 nitrogen and oxygen atoms in total. The number of halogens is 2. The Hall–Kier alpha value is -1.76. The van der Waals surface area contributed by atoms with Crippen LogP contribution in [0.5, 0.6) is 0 Å². The Morgan fingerprint density at radius 2 is 1.81 bits per heavy atom. The lowest BCUT2D eigenvalue weighted by molar-refractivity contribution is -0.120. The van der Waals surface area contributed by atoms with Crippen LogP contribution in [0.2, 0.25) is 10.0 Å². The maximum absolute atomic E-state index is 12.5. The molecule has 2 aromatic rings. The Morgan fingerprint density at radius 1 is 1.15 bits per heavy atom. The van der Waals surface area contributed by atoms with E-state index >= 15 is 0 Å². The molecule has 0 spiro atoms. The number of carbonyl (C=O) groups is 1. The molecule has 0 radical (unpaired) electrons. The molecule has 0 aliphatic carbocycles. The molecule has 0 saturated heterocycles. The summed E-state index contributed by atoms with van der Waals surface area (Å²) < 4.78 is 25.3. The van der Waals surface area contributed by atoms with Gasteiger partial charge in [-0.25, -0.2) is 8.42 Å². The van der Waals surface area contributed by atoms with Gasteiger partial charge < -0.3 is 5.32 Å². The van der Waals surface area contributed by atoms with Crippen molar-refractivity contribution in [3.63, 3.8) is 0 Å². The number of sulfonamides is 1. The standard InChI is InChI=1S/C18H20Cl2N2O3S/c1-3-16(13-7-5-4-6-8-13)21-18(23)12-22(26(2,24)25)17-10-9-14(19)11-15(17)20/h4-11,16H,3,12H2,1-2H3,(H,21,23). The van der Waals surface area contributed by atoms with Gasteiger partial charge in [-0.05, 0) is 30.2 Å². The highest BCUT2D eigenvalue weighted by molar-refractivity contribution is 7.92. The van der Waals surface area contributed by atoms with Gasteiger partial charge in [-0.1, -0.05) is 60.5 Å². The van der Waals surface area contributed by atoms with Crippen LogP contribution in [0.15, 0.2) is 48.5 Å². The zero-order chi connectivity index (χ0) is 19.3. The second kappa shape index (κ2) is 8.75. The number of anilines is 1. The normalized spacial score (nSPS) is 12.5. The largest absolute Gasteiger partial charge is 0.348 e. The predicted molar refractivity (Wildman–Crippen MR) is 106 cm³/mol. The topological polar surface area (TPSA) is 66.5 Å². The average molecular weight is 415 g/mol. The van der Waals surface area contributed by atoms with Gasteiger partial charge in [-0.2, -0.15) is 0 Å². The number of amides is 1. The molecule has 140 valence electrons. The zero-order valence-electron chi connectivity index (χ0n) is 14.4. The van der Waals surface area contributed by atoms with Crippen LogP contribution in [0.4, 0.5) is 5.69 Å². The summed E-state index contributed by atoms with van der Waals surface area (Å²) in [6.07, 6.45) is 1.70. The van der Waals surface area contributed by atoms with Gasteiger partial charge in [0.15, 0.2) is 0 Å². The van der Waals surface area contributed by atoms with Gasteiger partial charge in [-0.3, -0.25) is 9.10 Å². The molecule has 1 amide bonds. The van der Waals surface area contributed by atoms with Crippen LogP contribution in [0.1, 0.15) is 24.9 Å². The minimum absolute atomic E-state index is 0.158. The molecule has 26 heavy (non-hydrogen) atoms. The van der Waals surface area contributed by atoms with E-state index in [1.165, 1.54) is 18.2 Å². The van der Waals surface area contributed by atoms with Crippen LogP contribution in [-0.4, -0.2) is 27.1 Å². The molecular formula is C18H20Cl2N2O3S. The summed E-state index contributed by atoms with van der Waals surface area (Å²) in [7, 11) is -3.71. The highest BCUT2D eigenvalue weighted by Gasteiger charge is 2.24. The van der Waals surface area contributed by atoms with Gasteiger partial charge in [-0.15, -0.1) is 0 Å². The van der Waals surface area contributed by atoms with E-state index in [1.807, 2.05) is 37.3 Å². The second-order valence-corrected chi connectivity index (χ2v) is 8.55. The minimum atomic E-state index is -3.71. The van der Waals surface area contributed by atoms with Crippen molar-refractivity contribution in [1.82, 2.24) is 5.32 Å². The molecule has 0 aliphatic heterocycles. The number of rotatable bonds is 7. The van der Waals surface area contributed by atoms with E-state index in [-0.39, 0.29) is 23.3 Å². The Bertz CT molecular complexity index is 873. The molecule has 0 aromatic heterocycles. The molecule has 2 rings (SSSR count). The Kier molecular flexibility index (Phi) is 6.92. The molecular weight excluding hydrogens is 395 g/mol. The van der Waals surface area contributed by atoms with E-state index in [1.54, 1.807) is 0 Å². The maximum atomic E-state index is 12.5. The highest BCUT2D eigenvalue weighted by atomic mass is 35.5. The molecule has 0 bridgehead atoms. The molecule has 0 saturated carbocycles. The van der Waals surface area contributed by atoms with Gasteiger partial charge in [0.25, 0.3) is 0 Å². The van der Waals surface area contributed by atoms with Crippen LogP contribution in [-0.2, 0) is 14.8 Å². The third kappa shape index (κ3) is 5.37. The molecule has 0 aliphatic rings. The van der Waals surface area contributed by atoms with Crippen molar-refractivity contribution in [2.75, 3.05) is 17.1 Å². The van der Waals surface area contributed by atoms with Gasteiger partial charge in [0.05, 0.1) is 23.0 Å². The molecule has 2 aromatic carbocycles. The first-order valence-corrected chi connectivity index (χ1v) is 10.6. The van der Waals surface area contributed by atoms with Crippen LogP contribution >= 0.6 is 23.2 Å². The SMILES string of the molecule is CCC(NC(=O)CN(c1ccc(Cl)cc1Cl)S(C)(=O)=O)c1ccccc1. The summed E-state index contributed by atoms with van der Waals surface area (Å²) >= 11 is 12.0. The fourth-order valence-electron chi connectivity index (χ4n) is 2.54. The van der Waals surface area contributed by atoms with E-state index < -0.39 is 15.9 Å². The summed E-state index contributed by atoms with van der Waals surface area (Å²) in [5.41, 5.74) is 1.17. The lowest BCUT2D eigenvalue weighted by atomic mass is 10.0. The van der Waals surface area contributed by atoms with Crippen molar-refractivity contribution in [3.8, 4) is 0 Å². The number of benzene rings is 2. The van der Waals surface area contributed by atoms with E-state index in [4.69, 9.17) is 23.2 Å². The maximum Gasteiger partial charge on any atom is 0.241 e. The Labute approximate surface area is 164 Å². The molecule has 1 atom stereocenters. The lowest BCUT2D eigenvalue weighted by Gasteiger charge is -2.25. The van der Waals surface area contributed by atoms with Crippen molar-refractivity contribution in [2.24, 2.45) is 0 Å². The van der Waals surface area contributed by atoms with Gasteiger partial charge in [0.2, 0.25) is 15.9 Å². The van der Waals surface area contributed by atoms with Crippen LogP contribution in [0, 0.1) is 0 Å². The smallest absolute Gasteiger partial charge is 0.241 e. The van der Waals surface area contributed by atoms with Crippen molar-refractivity contribution in [3.05, 3.63) is 64.1 Å². The molecule has 0 heterocycles. The summed E-state index contributed by atoms with van der Waals surface area (Å²) in [6.45, 7) is 1.58. The van der Waals surface area contributed by atoms with Gasteiger partial charge >= 0.3 is 0 Å². The summed E-state index contributed by atoms with van der Waals surface area (Å²) in [5, 5.41) is 3.41. The monoisotopic (exact) mass is 414 g/mol. The van der Waals surface area contributed by atoms with Crippen molar-refractivity contribution >= 4 is 44.8 Å². The van der Waals surface area contributed by atoms with Gasteiger partial charge in [0, 0.05) is 5.02 Å². The van der Waals surface area contributed by atoms with E-state index in [0.29, 0.717) is 11.4 Å². The Morgan fingerprint density at radius 3 is 2.35 bits per heavy atom. The molecule has 1 N–H and O–H groups in total. The summed E-state index contributed by atoms with van der Waals surface area (Å²) in [5.74, 6) is -0.419. The number of carbonyl (C=O) groups excluding carboxylic acids is 1. The fourth-order valence-corrected chi connectivity index (χ4v) is 3.97. The van der Waals surface area contributed by atoms with E-state index in [9.17, 15) is 13.2 Å². The number of hydrogen-bond donors (Lipinski definition) is 1. The zero-order valence-corrected chi connectivity index (χ0v) is 16.8. The second-order valence-electron chi connectivity index (χ2n) is 5.80. The first-order valence-electron chi connectivity index (χ1n) is 7.99.